The summed E-state index contributed by atoms with van der Waals surface area (Å²) in [6.45, 7) is 6.24. The Labute approximate surface area is 224 Å². The van der Waals surface area contributed by atoms with E-state index in [4.69, 9.17) is 20.8 Å². The lowest BCUT2D eigenvalue weighted by atomic mass is 9.91. The number of rotatable bonds is 6. The van der Waals surface area contributed by atoms with Crippen molar-refractivity contribution < 1.29 is 27.9 Å². The first-order chi connectivity index (χ1) is 17.9. The number of piperidine rings is 1. The van der Waals surface area contributed by atoms with Crippen LogP contribution in [0, 0.1) is 11.7 Å². The molecular formula is C29H29ClFNO6. The van der Waals surface area contributed by atoms with Crippen molar-refractivity contribution in [3.63, 3.8) is 0 Å². The zero-order valence-corrected chi connectivity index (χ0v) is 22.2. The number of halogens is 2. The number of benzene rings is 2. The number of hydrogen-bond acceptors (Lipinski definition) is 6. The molecular weight excluding hydrogens is 513 g/mol. The number of hydrogen-bond donors (Lipinski definition) is 0. The first-order valence-electron chi connectivity index (χ1n) is 12.4. The topological polar surface area (TPSA) is 93.9 Å². The van der Waals surface area contributed by atoms with Crippen molar-refractivity contribution in [2.24, 2.45) is 5.92 Å². The minimum Gasteiger partial charge on any atom is -0.460 e. The first-order valence-corrected chi connectivity index (χ1v) is 12.8. The van der Waals surface area contributed by atoms with Gasteiger partial charge >= 0.3 is 11.6 Å². The van der Waals surface area contributed by atoms with Crippen molar-refractivity contribution in [1.82, 2.24) is 4.90 Å². The van der Waals surface area contributed by atoms with E-state index in [1.807, 2.05) is 0 Å². The molecule has 7 nitrogen and oxygen atoms in total. The maximum atomic E-state index is 13.6. The smallest absolute Gasteiger partial charge is 0.336 e. The van der Waals surface area contributed by atoms with Crippen LogP contribution in [0.2, 0.25) is 5.02 Å². The lowest BCUT2D eigenvalue weighted by Gasteiger charge is -2.34. The van der Waals surface area contributed by atoms with Gasteiger partial charge in [-0.3, -0.25) is 9.59 Å². The summed E-state index contributed by atoms with van der Waals surface area (Å²) in [5.74, 6) is -2.37. The van der Waals surface area contributed by atoms with Gasteiger partial charge in [-0.05, 0) is 69.4 Å². The predicted molar refractivity (Wildman–Crippen MR) is 141 cm³/mol. The Kier molecular flexibility index (Phi) is 8.02. The standard InChI is InChI=1S/C29H29ClFNO6/c1-29(2,3)38-27(35)11-17-5-4-10-32(15-17)28(36)23(16-33)18-6-8-21-22(14-26(34)37-25(21)12-18)20-9-7-19(31)13-24(20)30/h6-9,12-14,16-17,23H,4-5,10-11,15H2,1-3H3/t17-,23+/m1/s1. The lowest BCUT2D eigenvalue weighted by Crippen LogP contribution is -2.43. The molecule has 0 aliphatic carbocycles. The Bertz CT molecular complexity index is 1440. The van der Waals surface area contributed by atoms with Crippen LogP contribution in [0.15, 0.2) is 51.7 Å². The molecule has 0 radical (unpaired) electrons. The lowest BCUT2D eigenvalue weighted by molar-refractivity contribution is -0.157. The van der Waals surface area contributed by atoms with Crippen LogP contribution >= 0.6 is 11.6 Å². The monoisotopic (exact) mass is 541 g/mol. The van der Waals surface area contributed by atoms with Gasteiger partial charge in [0.1, 0.15) is 29.2 Å². The molecule has 200 valence electrons. The molecule has 1 aliphatic rings. The number of likely N-dealkylation sites (tertiary alicyclic amines) is 1. The van der Waals surface area contributed by atoms with Crippen molar-refractivity contribution in [2.45, 2.75) is 51.6 Å². The summed E-state index contributed by atoms with van der Waals surface area (Å²) >= 11 is 6.23. The molecule has 9 heteroatoms. The van der Waals surface area contributed by atoms with E-state index in [-0.39, 0.29) is 34.8 Å². The van der Waals surface area contributed by atoms with Crippen molar-refractivity contribution in [2.75, 3.05) is 13.1 Å². The van der Waals surface area contributed by atoms with E-state index in [9.17, 15) is 23.6 Å². The van der Waals surface area contributed by atoms with Crippen LogP contribution in [0.3, 0.4) is 0 Å². The molecule has 0 bridgehead atoms. The largest absolute Gasteiger partial charge is 0.460 e. The molecule has 4 rings (SSSR count). The zero-order chi connectivity index (χ0) is 27.6. The molecule has 2 heterocycles. The fourth-order valence-electron chi connectivity index (χ4n) is 4.83. The number of nitrogens with zero attached hydrogens (tertiary/aromatic N) is 1. The Morgan fingerprint density at radius 1 is 1.18 bits per heavy atom. The maximum absolute atomic E-state index is 13.6. The van der Waals surface area contributed by atoms with Gasteiger partial charge in [0, 0.05) is 35.7 Å². The fraction of sp³-hybridized carbons (Fsp3) is 0.379. The van der Waals surface area contributed by atoms with E-state index in [0.717, 1.165) is 12.5 Å². The Morgan fingerprint density at radius 3 is 2.63 bits per heavy atom. The highest BCUT2D eigenvalue weighted by molar-refractivity contribution is 6.33. The highest BCUT2D eigenvalue weighted by Gasteiger charge is 2.32. The van der Waals surface area contributed by atoms with E-state index >= 15 is 0 Å². The SMILES string of the molecule is CC(C)(C)OC(=O)C[C@H]1CCCN(C(=O)[C@@H](C=O)c2ccc3c(-c4ccc(F)cc4Cl)cc(=O)oc3c2)C1. The first kappa shape index (κ1) is 27.5. The molecule has 1 aliphatic heterocycles. The van der Waals surface area contributed by atoms with Crippen LogP contribution in [0.1, 0.15) is 51.5 Å². The molecule has 0 N–H and O–H groups in total. The number of esters is 1. The summed E-state index contributed by atoms with van der Waals surface area (Å²) in [7, 11) is 0. The van der Waals surface area contributed by atoms with Gasteiger partial charge in [-0.25, -0.2) is 9.18 Å². The summed E-state index contributed by atoms with van der Waals surface area (Å²) in [4.78, 5) is 51.7. The second-order valence-electron chi connectivity index (χ2n) is 10.6. The third-order valence-corrected chi connectivity index (χ3v) is 6.77. The van der Waals surface area contributed by atoms with Crippen LogP contribution < -0.4 is 5.63 Å². The van der Waals surface area contributed by atoms with Crippen LogP contribution in [-0.4, -0.2) is 41.8 Å². The molecule has 3 aromatic rings. The van der Waals surface area contributed by atoms with E-state index in [0.29, 0.717) is 47.9 Å². The number of carbonyl (C=O) groups excluding carboxylic acids is 3. The van der Waals surface area contributed by atoms with Gasteiger partial charge in [0.05, 0.1) is 11.4 Å². The van der Waals surface area contributed by atoms with E-state index in [2.05, 4.69) is 0 Å². The number of carbonyl (C=O) groups is 3. The third-order valence-electron chi connectivity index (χ3n) is 6.46. The van der Waals surface area contributed by atoms with E-state index in [1.54, 1.807) is 37.8 Å². The number of aldehydes is 1. The quantitative estimate of drug-likeness (QED) is 0.177. The molecule has 0 unspecified atom stereocenters. The molecule has 1 aromatic heterocycles. The van der Waals surface area contributed by atoms with E-state index < -0.39 is 23.0 Å². The normalized spacial score (nSPS) is 16.8. The predicted octanol–water partition coefficient (Wildman–Crippen LogP) is 5.51. The third kappa shape index (κ3) is 6.30. The van der Waals surface area contributed by atoms with Crippen molar-refractivity contribution in [1.29, 1.82) is 0 Å². The molecule has 2 aromatic carbocycles. The molecule has 1 saturated heterocycles. The zero-order valence-electron chi connectivity index (χ0n) is 21.5. The van der Waals surface area contributed by atoms with Gasteiger partial charge in [-0.15, -0.1) is 0 Å². The van der Waals surface area contributed by atoms with Crippen LogP contribution in [0.25, 0.3) is 22.1 Å². The summed E-state index contributed by atoms with van der Waals surface area (Å²) in [5.41, 5.74) is 0.203. The average molecular weight is 542 g/mol. The maximum Gasteiger partial charge on any atom is 0.336 e. The second-order valence-corrected chi connectivity index (χ2v) is 11.0. The minimum absolute atomic E-state index is 0.0625. The summed E-state index contributed by atoms with van der Waals surface area (Å²) < 4.78 is 24.4. The molecule has 0 spiro atoms. The van der Waals surface area contributed by atoms with E-state index in [1.165, 1.54) is 24.3 Å². The molecule has 1 amide bonds. The van der Waals surface area contributed by atoms with Gasteiger partial charge in [-0.2, -0.15) is 0 Å². The number of fused-ring (bicyclic) bond motifs is 1. The van der Waals surface area contributed by atoms with Crippen molar-refractivity contribution >= 4 is 40.7 Å². The Hall–Kier alpha value is -3.52. The number of amides is 1. The van der Waals surface area contributed by atoms with Crippen LogP contribution in [0.4, 0.5) is 4.39 Å². The van der Waals surface area contributed by atoms with Gasteiger partial charge in [0.15, 0.2) is 0 Å². The molecule has 38 heavy (non-hydrogen) atoms. The van der Waals surface area contributed by atoms with Crippen LogP contribution in [-0.2, 0) is 19.1 Å². The minimum atomic E-state index is -1.11. The van der Waals surface area contributed by atoms with Crippen LogP contribution in [0.5, 0.6) is 0 Å². The average Bonchev–Trinajstić information content (AvgIpc) is 2.82. The van der Waals surface area contributed by atoms with Gasteiger partial charge in [0.2, 0.25) is 5.91 Å². The highest BCUT2D eigenvalue weighted by atomic mass is 35.5. The molecule has 1 fully saturated rings. The number of ether oxygens (including phenoxy) is 1. The van der Waals surface area contributed by atoms with Gasteiger partial charge in [0.25, 0.3) is 0 Å². The fourth-order valence-corrected chi connectivity index (χ4v) is 5.10. The van der Waals surface area contributed by atoms with Gasteiger partial charge in [-0.1, -0.05) is 23.7 Å². The Morgan fingerprint density at radius 2 is 1.95 bits per heavy atom. The molecule has 2 atom stereocenters. The van der Waals surface area contributed by atoms with Crippen molar-refractivity contribution in [3.8, 4) is 11.1 Å². The van der Waals surface area contributed by atoms with Crippen molar-refractivity contribution in [3.05, 3.63) is 69.3 Å². The molecule has 0 saturated carbocycles. The Balaban J connectivity index is 1.59. The summed E-state index contributed by atoms with van der Waals surface area (Å²) in [6, 6.07) is 9.91. The van der Waals surface area contributed by atoms with Gasteiger partial charge < -0.3 is 18.8 Å². The highest BCUT2D eigenvalue weighted by Crippen LogP contribution is 2.34. The summed E-state index contributed by atoms with van der Waals surface area (Å²) in [6.07, 6.45) is 2.26. The summed E-state index contributed by atoms with van der Waals surface area (Å²) in [5, 5.41) is 0.655. The second kappa shape index (κ2) is 11.1.